The van der Waals surface area contributed by atoms with E-state index >= 15 is 0 Å². The number of hydrogen-bond donors (Lipinski definition) is 1. The molecule has 2 fully saturated rings. The van der Waals surface area contributed by atoms with Crippen LogP contribution >= 0.6 is 0 Å². The van der Waals surface area contributed by atoms with Crippen molar-refractivity contribution in [3.63, 3.8) is 0 Å². The van der Waals surface area contributed by atoms with Crippen molar-refractivity contribution in [3.05, 3.63) is 36.1 Å². The predicted molar refractivity (Wildman–Crippen MR) is 93.4 cm³/mol. The van der Waals surface area contributed by atoms with Crippen molar-refractivity contribution in [2.45, 2.75) is 31.8 Å². The second-order valence-electron chi connectivity index (χ2n) is 7.06. The molecule has 2 N–H and O–H groups in total. The molecule has 5 heteroatoms. The van der Waals surface area contributed by atoms with Crippen LogP contribution in [-0.2, 0) is 11.3 Å². The zero-order chi connectivity index (χ0) is 16.5. The SMILES string of the molecule is NCCN1C(=O)CC[C@H]2CN(Cc3ccc4occc4c3)CC[C@H]21. The van der Waals surface area contributed by atoms with Gasteiger partial charge in [0.2, 0.25) is 5.91 Å². The first kappa shape index (κ1) is 15.7. The van der Waals surface area contributed by atoms with Gasteiger partial charge in [0.05, 0.1) is 6.26 Å². The van der Waals surface area contributed by atoms with E-state index in [1.165, 1.54) is 10.9 Å². The van der Waals surface area contributed by atoms with E-state index in [2.05, 4.69) is 23.1 Å². The van der Waals surface area contributed by atoms with Crippen LogP contribution in [0.15, 0.2) is 34.9 Å². The van der Waals surface area contributed by atoms with Crippen molar-refractivity contribution in [1.29, 1.82) is 0 Å². The molecule has 2 aliphatic heterocycles. The Hall–Kier alpha value is -1.85. The lowest BCUT2D eigenvalue weighted by atomic mass is 9.83. The van der Waals surface area contributed by atoms with Gasteiger partial charge in [-0.1, -0.05) is 6.07 Å². The minimum Gasteiger partial charge on any atom is -0.464 e. The lowest BCUT2D eigenvalue weighted by molar-refractivity contribution is -0.140. The summed E-state index contributed by atoms with van der Waals surface area (Å²) in [4.78, 5) is 16.7. The quantitative estimate of drug-likeness (QED) is 0.935. The zero-order valence-corrected chi connectivity index (χ0v) is 14.0. The van der Waals surface area contributed by atoms with Gasteiger partial charge in [0.25, 0.3) is 0 Å². The molecule has 2 saturated heterocycles. The summed E-state index contributed by atoms with van der Waals surface area (Å²) >= 11 is 0. The lowest BCUT2D eigenvalue weighted by Crippen LogP contribution is -2.56. The number of likely N-dealkylation sites (tertiary alicyclic amines) is 2. The highest BCUT2D eigenvalue weighted by Gasteiger charge is 2.38. The van der Waals surface area contributed by atoms with Crippen molar-refractivity contribution >= 4 is 16.9 Å². The van der Waals surface area contributed by atoms with E-state index in [-0.39, 0.29) is 0 Å². The molecule has 1 aromatic carbocycles. The summed E-state index contributed by atoms with van der Waals surface area (Å²) in [6, 6.07) is 8.84. The average Bonchev–Trinajstić information content (AvgIpc) is 3.05. The number of fused-ring (bicyclic) bond motifs is 2. The topological polar surface area (TPSA) is 62.7 Å². The highest BCUT2D eigenvalue weighted by Crippen LogP contribution is 2.31. The molecule has 2 aliphatic rings. The molecule has 1 aromatic heterocycles. The van der Waals surface area contributed by atoms with Gasteiger partial charge in [-0.15, -0.1) is 0 Å². The minimum absolute atomic E-state index is 0.292. The molecule has 1 amide bonds. The number of benzene rings is 1. The second kappa shape index (κ2) is 6.57. The summed E-state index contributed by atoms with van der Waals surface area (Å²) in [5.74, 6) is 0.876. The van der Waals surface area contributed by atoms with Crippen LogP contribution in [0.4, 0.5) is 0 Å². The molecule has 0 radical (unpaired) electrons. The van der Waals surface area contributed by atoms with E-state index < -0.39 is 0 Å². The summed E-state index contributed by atoms with van der Waals surface area (Å²) < 4.78 is 5.42. The van der Waals surface area contributed by atoms with E-state index in [9.17, 15) is 4.79 Å². The highest BCUT2D eigenvalue weighted by atomic mass is 16.3. The van der Waals surface area contributed by atoms with Crippen LogP contribution in [0.3, 0.4) is 0 Å². The first-order valence-corrected chi connectivity index (χ1v) is 8.92. The number of carbonyl (C=O) groups is 1. The zero-order valence-electron chi connectivity index (χ0n) is 14.0. The van der Waals surface area contributed by atoms with Gasteiger partial charge in [-0.05, 0) is 42.5 Å². The molecular formula is C19H25N3O2. The van der Waals surface area contributed by atoms with Gasteiger partial charge in [-0.25, -0.2) is 0 Å². The summed E-state index contributed by atoms with van der Waals surface area (Å²) in [6.45, 7) is 4.34. The fraction of sp³-hybridized carbons (Fsp3) is 0.526. The molecule has 0 unspecified atom stereocenters. The first-order valence-electron chi connectivity index (χ1n) is 8.92. The van der Waals surface area contributed by atoms with Crippen LogP contribution in [0, 0.1) is 5.92 Å². The fourth-order valence-corrected chi connectivity index (χ4v) is 4.37. The number of amides is 1. The Kier molecular flexibility index (Phi) is 4.29. The largest absolute Gasteiger partial charge is 0.464 e. The minimum atomic E-state index is 0.292. The van der Waals surface area contributed by atoms with Crippen LogP contribution in [-0.4, -0.2) is 47.9 Å². The van der Waals surface area contributed by atoms with E-state index in [0.717, 1.165) is 38.1 Å². The third kappa shape index (κ3) is 2.94. The molecule has 0 spiro atoms. The van der Waals surface area contributed by atoms with Crippen molar-refractivity contribution in [2.75, 3.05) is 26.2 Å². The molecular weight excluding hydrogens is 302 g/mol. The van der Waals surface area contributed by atoms with Crippen LogP contribution in [0.5, 0.6) is 0 Å². The Bertz CT molecular complexity index is 726. The molecule has 5 nitrogen and oxygen atoms in total. The number of piperidine rings is 2. The van der Waals surface area contributed by atoms with Crippen LogP contribution < -0.4 is 5.73 Å². The van der Waals surface area contributed by atoms with E-state index in [1.807, 2.05) is 11.0 Å². The lowest BCUT2D eigenvalue weighted by Gasteiger charge is -2.47. The Morgan fingerprint density at radius 2 is 2.17 bits per heavy atom. The molecule has 4 rings (SSSR count). The Morgan fingerprint density at radius 1 is 1.25 bits per heavy atom. The predicted octanol–water partition coefficient (Wildman–Crippen LogP) is 2.20. The third-order valence-electron chi connectivity index (χ3n) is 5.52. The molecule has 24 heavy (non-hydrogen) atoms. The molecule has 0 saturated carbocycles. The molecule has 0 bridgehead atoms. The molecule has 2 aromatic rings. The normalized spacial score (nSPS) is 25.2. The maximum absolute atomic E-state index is 12.2. The van der Waals surface area contributed by atoms with Gasteiger partial charge in [0, 0.05) is 50.6 Å². The molecule has 2 atom stereocenters. The van der Waals surface area contributed by atoms with Crippen molar-refractivity contribution in [2.24, 2.45) is 11.7 Å². The Morgan fingerprint density at radius 3 is 3.04 bits per heavy atom. The molecule has 0 aliphatic carbocycles. The van der Waals surface area contributed by atoms with Crippen LogP contribution in [0.25, 0.3) is 11.0 Å². The van der Waals surface area contributed by atoms with Gasteiger partial charge in [0.1, 0.15) is 5.58 Å². The third-order valence-corrected chi connectivity index (χ3v) is 5.52. The Labute approximate surface area is 142 Å². The maximum Gasteiger partial charge on any atom is 0.222 e. The van der Waals surface area contributed by atoms with Crippen LogP contribution in [0.2, 0.25) is 0 Å². The number of furan rings is 1. The summed E-state index contributed by atoms with van der Waals surface area (Å²) in [5.41, 5.74) is 7.97. The van der Waals surface area contributed by atoms with Gasteiger partial charge in [0.15, 0.2) is 0 Å². The standard InChI is InChI=1S/C19H25N3O2/c20-7-9-22-17-5-8-21(13-16(17)2-4-19(22)23)12-14-1-3-18-15(11-14)6-10-24-18/h1,3,6,10-11,16-17H,2,4-5,7-9,12-13,20H2/t16-,17+/m0/s1. The monoisotopic (exact) mass is 327 g/mol. The van der Waals surface area contributed by atoms with Gasteiger partial charge in [-0.3, -0.25) is 9.69 Å². The average molecular weight is 327 g/mol. The number of hydrogen-bond acceptors (Lipinski definition) is 4. The fourth-order valence-electron chi connectivity index (χ4n) is 4.37. The number of nitrogens with two attached hydrogens (primary N) is 1. The van der Waals surface area contributed by atoms with Gasteiger partial charge in [-0.2, -0.15) is 0 Å². The smallest absolute Gasteiger partial charge is 0.222 e. The summed E-state index contributed by atoms with van der Waals surface area (Å²) in [6.07, 6.45) is 4.49. The molecule has 128 valence electrons. The summed E-state index contributed by atoms with van der Waals surface area (Å²) in [5, 5.41) is 1.17. The number of carbonyl (C=O) groups excluding carboxylic acids is 1. The highest BCUT2D eigenvalue weighted by molar-refractivity contribution is 5.78. The first-order chi connectivity index (χ1) is 11.7. The van der Waals surface area contributed by atoms with Crippen molar-refractivity contribution in [1.82, 2.24) is 9.80 Å². The summed E-state index contributed by atoms with van der Waals surface area (Å²) in [7, 11) is 0. The van der Waals surface area contributed by atoms with E-state index in [1.54, 1.807) is 6.26 Å². The van der Waals surface area contributed by atoms with Gasteiger partial charge < -0.3 is 15.1 Å². The maximum atomic E-state index is 12.2. The number of rotatable bonds is 4. The number of nitrogens with zero attached hydrogens (tertiary/aromatic N) is 2. The van der Waals surface area contributed by atoms with Gasteiger partial charge >= 0.3 is 0 Å². The Balaban J connectivity index is 1.43. The second-order valence-corrected chi connectivity index (χ2v) is 7.06. The van der Waals surface area contributed by atoms with Crippen molar-refractivity contribution < 1.29 is 9.21 Å². The van der Waals surface area contributed by atoms with E-state index in [4.69, 9.17) is 10.2 Å². The van der Waals surface area contributed by atoms with Crippen LogP contribution in [0.1, 0.15) is 24.8 Å². The van der Waals surface area contributed by atoms with Crippen molar-refractivity contribution in [3.8, 4) is 0 Å². The van der Waals surface area contributed by atoms with E-state index in [0.29, 0.717) is 37.4 Å². The molecule has 3 heterocycles.